The summed E-state index contributed by atoms with van der Waals surface area (Å²) < 4.78 is 0. The van der Waals surface area contributed by atoms with Gasteiger partial charge < -0.3 is 0 Å². The normalized spacial score (nSPS) is 5.33. The number of nitrogens with zero attached hydrogens (tertiary/aromatic N) is 1. The van der Waals surface area contributed by atoms with Crippen molar-refractivity contribution in [2.24, 2.45) is 0 Å². The maximum atomic E-state index is 7.95. The second kappa shape index (κ2) is 2.26. The van der Waals surface area contributed by atoms with Gasteiger partial charge in [0.25, 0.3) is 0 Å². The van der Waals surface area contributed by atoms with Gasteiger partial charge in [-0.15, -0.1) is 5.73 Å². The molecule has 0 aliphatic rings. The van der Waals surface area contributed by atoms with E-state index < -0.39 is 0 Å². The molecule has 0 aliphatic heterocycles. The second-order valence-electron chi connectivity index (χ2n) is 0.914. The SMILES string of the molecule is C=C=C(C)C#N. The number of allylic oxidation sites excluding steroid dienone is 1. The van der Waals surface area contributed by atoms with Crippen LogP contribution in [0.25, 0.3) is 0 Å². The van der Waals surface area contributed by atoms with Gasteiger partial charge in [-0.05, 0) is 6.92 Å². The van der Waals surface area contributed by atoms with E-state index in [0.29, 0.717) is 5.57 Å². The Hall–Kier alpha value is -0.990. The Morgan fingerprint density at radius 2 is 2.33 bits per heavy atom. The molecule has 0 N–H and O–H groups in total. The first-order valence-corrected chi connectivity index (χ1v) is 1.58. The van der Waals surface area contributed by atoms with E-state index in [1.54, 1.807) is 6.92 Å². The number of hydrogen-bond donors (Lipinski definition) is 0. The van der Waals surface area contributed by atoms with Crippen molar-refractivity contribution in [2.45, 2.75) is 6.92 Å². The summed E-state index contributed by atoms with van der Waals surface area (Å²) in [5.41, 5.74) is 2.96. The van der Waals surface area contributed by atoms with Crippen LogP contribution >= 0.6 is 0 Å². The first-order valence-electron chi connectivity index (χ1n) is 1.58. The molecule has 0 radical (unpaired) electrons. The van der Waals surface area contributed by atoms with Gasteiger partial charge in [0.15, 0.2) is 0 Å². The van der Waals surface area contributed by atoms with Gasteiger partial charge in [-0.2, -0.15) is 5.26 Å². The van der Waals surface area contributed by atoms with Gasteiger partial charge in [-0.25, -0.2) is 0 Å². The summed E-state index contributed by atoms with van der Waals surface area (Å²) in [6, 6.07) is 1.86. The molecule has 0 spiro atoms. The third-order valence-electron chi connectivity index (χ3n) is 0.433. The molecule has 0 atom stereocenters. The number of nitriles is 1. The molecule has 0 amide bonds. The fourth-order valence-electron chi connectivity index (χ4n) is 0.0395. The molecule has 0 aliphatic carbocycles. The zero-order chi connectivity index (χ0) is 4.99. The summed E-state index contributed by atoms with van der Waals surface area (Å²) in [6.07, 6.45) is 0. The van der Waals surface area contributed by atoms with Gasteiger partial charge in [0.05, 0.1) is 5.57 Å². The summed E-state index contributed by atoms with van der Waals surface area (Å²) in [7, 11) is 0. The van der Waals surface area contributed by atoms with Crippen molar-refractivity contribution in [1.29, 1.82) is 5.26 Å². The summed E-state index contributed by atoms with van der Waals surface area (Å²) in [5.74, 6) is 0. The highest BCUT2D eigenvalue weighted by molar-refractivity contribution is 5.14. The average molecular weight is 79.1 g/mol. The third-order valence-corrected chi connectivity index (χ3v) is 0.433. The summed E-state index contributed by atoms with van der Waals surface area (Å²) >= 11 is 0. The number of rotatable bonds is 0. The second-order valence-corrected chi connectivity index (χ2v) is 0.914. The minimum absolute atomic E-state index is 0.537. The molecule has 30 valence electrons. The smallest absolute Gasteiger partial charge is 0.103 e. The largest absolute Gasteiger partial charge is 0.192 e. The molecule has 0 fully saturated rings. The summed E-state index contributed by atoms with van der Waals surface area (Å²) in [4.78, 5) is 0. The van der Waals surface area contributed by atoms with Crippen LogP contribution < -0.4 is 0 Å². The molecular weight excluding hydrogens is 74.1 g/mol. The van der Waals surface area contributed by atoms with Crippen LogP contribution in [0.1, 0.15) is 6.92 Å². The molecule has 0 aromatic heterocycles. The first-order chi connectivity index (χ1) is 2.81. The molecule has 1 heteroatoms. The summed E-state index contributed by atoms with van der Waals surface area (Å²) in [6.45, 7) is 4.91. The van der Waals surface area contributed by atoms with E-state index >= 15 is 0 Å². The van der Waals surface area contributed by atoms with Crippen molar-refractivity contribution < 1.29 is 0 Å². The lowest BCUT2D eigenvalue weighted by molar-refractivity contribution is 1.45. The van der Waals surface area contributed by atoms with Crippen molar-refractivity contribution in [2.75, 3.05) is 0 Å². The third kappa shape index (κ3) is 1.34. The van der Waals surface area contributed by atoms with Gasteiger partial charge in [-0.1, -0.05) is 6.58 Å². The van der Waals surface area contributed by atoms with Crippen LogP contribution in [0.15, 0.2) is 17.9 Å². The van der Waals surface area contributed by atoms with Gasteiger partial charge in [0.1, 0.15) is 6.07 Å². The molecule has 0 saturated heterocycles. The summed E-state index contributed by atoms with van der Waals surface area (Å²) in [5, 5.41) is 7.95. The van der Waals surface area contributed by atoms with E-state index in [1.807, 2.05) is 6.07 Å². The maximum absolute atomic E-state index is 7.95. The topological polar surface area (TPSA) is 23.8 Å². The van der Waals surface area contributed by atoms with E-state index in [2.05, 4.69) is 12.3 Å². The Kier molecular flexibility index (Phi) is 1.89. The number of hydrogen-bond acceptors (Lipinski definition) is 1. The van der Waals surface area contributed by atoms with Gasteiger partial charge in [-0.3, -0.25) is 0 Å². The Morgan fingerprint density at radius 1 is 1.83 bits per heavy atom. The van der Waals surface area contributed by atoms with E-state index in [4.69, 9.17) is 5.26 Å². The Balaban J connectivity index is 3.99. The van der Waals surface area contributed by atoms with Crippen molar-refractivity contribution >= 4 is 0 Å². The first kappa shape index (κ1) is 5.01. The molecule has 6 heavy (non-hydrogen) atoms. The highest BCUT2D eigenvalue weighted by Crippen LogP contribution is 1.78. The van der Waals surface area contributed by atoms with Crippen LogP contribution in [0.4, 0.5) is 0 Å². The predicted molar refractivity (Wildman–Crippen MR) is 23.9 cm³/mol. The van der Waals surface area contributed by atoms with Crippen LogP contribution in [0.2, 0.25) is 0 Å². The molecule has 0 heterocycles. The molecule has 0 bridgehead atoms. The van der Waals surface area contributed by atoms with Gasteiger partial charge >= 0.3 is 0 Å². The fourth-order valence-corrected chi connectivity index (χ4v) is 0.0395. The van der Waals surface area contributed by atoms with Crippen LogP contribution in [0.5, 0.6) is 0 Å². The highest BCUT2D eigenvalue weighted by Gasteiger charge is 1.69. The van der Waals surface area contributed by atoms with Crippen LogP contribution in [-0.4, -0.2) is 0 Å². The molecular formula is C5H5N. The maximum Gasteiger partial charge on any atom is 0.103 e. The van der Waals surface area contributed by atoms with E-state index in [-0.39, 0.29) is 0 Å². The fraction of sp³-hybridized carbons (Fsp3) is 0.200. The Labute approximate surface area is 37.2 Å². The van der Waals surface area contributed by atoms with Crippen molar-refractivity contribution in [1.82, 2.24) is 0 Å². The minimum atomic E-state index is 0.537. The van der Waals surface area contributed by atoms with Crippen LogP contribution in [-0.2, 0) is 0 Å². The monoisotopic (exact) mass is 79.0 g/mol. The molecule has 0 saturated carbocycles. The van der Waals surface area contributed by atoms with E-state index in [0.717, 1.165) is 0 Å². The predicted octanol–water partition coefficient (Wildman–Crippen LogP) is 1.24. The molecule has 0 aromatic rings. The average Bonchev–Trinajstić information content (AvgIpc) is 1.65. The highest BCUT2D eigenvalue weighted by atomic mass is 14.2. The molecule has 0 rings (SSSR count). The van der Waals surface area contributed by atoms with Gasteiger partial charge in [0, 0.05) is 0 Å². The van der Waals surface area contributed by atoms with E-state index in [1.165, 1.54) is 0 Å². The standard InChI is InChI=1S/C5H5N/c1-3-5(2)4-6/h1H2,2H3. The van der Waals surface area contributed by atoms with Gasteiger partial charge in [0.2, 0.25) is 0 Å². The van der Waals surface area contributed by atoms with E-state index in [9.17, 15) is 0 Å². The Bertz CT molecular complexity index is 121. The van der Waals surface area contributed by atoms with Crippen molar-refractivity contribution in [3.63, 3.8) is 0 Å². The lowest BCUT2D eigenvalue weighted by Gasteiger charge is -1.63. The van der Waals surface area contributed by atoms with Crippen molar-refractivity contribution in [3.05, 3.63) is 17.9 Å². The minimum Gasteiger partial charge on any atom is -0.192 e. The zero-order valence-corrected chi connectivity index (χ0v) is 3.65. The molecule has 1 nitrogen and oxygen atoms in total. The van der Waals surface area contributed by atoms with Crippen molar-refractivity contribution in [3.8, 4) is 6.07 Å². The quantitative estimate of drug-likeness (QED) is 0.316. The zero-order valence-electron chi connectivity index (χ0n) is 3.65. The lowest BCUT2D eigenvalue weighted by atomic mass is 10.4. The van der Waals surface area contributed by atoms with Crippen LogP contribution in [0.3, 0.4) is 0 Å². The lowest BCUT2D eigenvalue weighted by Crippen LogP contribution is -1.54. The Morgan fingerprint density at radius 3 is 2.33 bits per heavy atom. The van der Waals surface area contributed by atoms with Crippen LogP contribution in [0, 0.1) is 11.3 Å². The molecule has 0 aromatic carbocycles. The molecule has 0 unspecified atom stereocenters.